The smallest absolute Gasteiger partial charge is 0.186 e. The summed E-state index contributed by atoms with van der Waals surface area (Å²) in [6.45, 7) is 8.93. The van der Waals surface area contributed by atoms with Crippen LogP contribution in [0, 0.1) is 6.92 Å². The van der Waals surface area contributed by atoms with Gasteiger partial charge in [-0.3, -0.25) is 5.43 Å². The molecule has 0 aromatic heterocycles. The van der Waals surface area contributed by atoms with Gasteiger partial charge < -0.3 is 24.3 Å². The largest absolute Gasteiger partial charge is 0.491 e. The molecule has 2 aromatic carbocycles. The Morgan fingerprint density at radius 1 is 1.03 bits per heavy atom. The first-order valence-electron chi connectivity index (χ1n) is 10.5. The van der Waals surface area contributed by atoms with Crippen LogP contribution in [0.3, 0.4) is 0 Å². The van der Waals surface area contributed by atoms with Gasteiger partial charge in [0, 0.05) is 6.54 Å². The van der Waals surface area contributed by atoms with Gasteiger partial charge in [-0.2, -0.15) is 5.10 Å². The predicted molar refractivity (Wildman–Crippen MR) is 135 cm³/mol. The molecule has 0 aliphatic carbocycles. The van der Waals surface area contributed by atoms with Crippen LogP contribution >= 0.6 is 28.1 Å². The summed E-state index contributed by atoms with van der Waals surface area (Å²) in [6.07, 6.45) is 1.66. The van der Waals surface area contributed by atoms with Gasteiger partial charge in [-0.1, -0.05) is 18.2 Å². The molecule has 2 aromatic rings. The van der Waals surface area contributed by atoms with Crippen molar-refractivity contribution in [2.75, 3.05) is 39.6 Å². The van der Waals surface area contributed by atoms with Gasteiger partial charge in [-0.15, -0.1) is 0 Å². The highest BCUT2D eigenvalue weighted by Crippen LogP contribution is 2.36. The van der Waals surface area contributed by atoms with Crippen molar-refractivity contribution in [1.82, 2.24) is 10.7 Å². The molecule has 0 atom stereocenters. The van der Waals surface area contributed by atoms with E-state index in [9.17, 15) is 0 Å². The lowest BCUT2D eigenvalue weighted by Crippen LogP contribution is -2.31. The van der Waals surface area contributed by atoms with Gasteiger partial charge in [-0.25, -0.2) is 0 Å². The predicted octanol–water partition coefficient (Wildman–Crippen LogP) is 4.45. The van der Waals surface area contributed by atoms with Crippen LogP contribution in [-0.4, -0.2) is 50.9 Å². The summed E-state index contributed by atoms with van der Waals surface area (Å²) in [5.41, 5.74) is 4.71. The van der Waals surface area contributed by atoms with Crippen LogP contribution in [0.15, 0.2) is 46.0 Å². The summed E-state index contributed by atoms with van der Waals surface area (Å²) in [6, 6.07) is 11.7. The first-order valence-corrected chi connectivity index (χ1v) is 11.7. The van der Waals surface area contributed by atoms with E-state index >= 15 is 0 Å². The first kappa shape index (κ1) is 25.9. The number of hydrogen-bond acceptors (Lipinski definition) is 6. The minimum atomic E-state index is 0.384. The zero-order valence-corrected chi connectivity index (χ0v) is 21.1. The van der Waals surface area contributed by atoms with Crippen molar-refractivity contribution >= 4 is 39.5 Å². The van der Waals surface area contributed by atoms with Crippen LogP contribution < -0.4 is 25.0 Å². The van der Waals surface area contributed by atoms with E-state index in [1.54, 1.807) is 6.21 Å². The number of halogens is 1. The third-order valence-corrected chi connectivity index (χ3v) is 4.93. The van der Waals surface area contributed by atoms with Crippen LogP contribution in [0.1, 0.15) is 25.0 Å². The van der Waals surface area contributed by atoms with Crippen molar-refractivity contribution in [2.24, 2.45) is 5.10 Å². The quantitative estimate of drug-likeness (QED) is 0.174. The van der Waals surface area contributed by atoms with E-state index in [4.69, 9.17) is 31.2 Å². The number of para-hydroxylation sites is 1. The molecule has 0 radical (unpaired) electrons. The Bertz CT molecular complexity index is 896. The lowest BCUT2D eigenvalue weighted by atomic mass is 10.2. The molecular weight excluding hydrogens is 494 g/mol. The number of ether oxygens (including phenoxy) is 4. The van der Waals surface area contributed by atoms with Crippen molar-refractivity contribution in [3.8, 4) is 17.2 Å². The molecule has 2 N–H and O–H groups in total. The van der Waals surface area contributed by atoms with E-state index < -0.39 is 0 Å². The summed E-state index contributed by atoms with van der Waals surface area (Å²) in [5.74, 6) is 2.13. The summed E-state index contributed by atoms with van der Waals surface area (Å²) in [5, 5.41) is 7.57. The van der Waals surface area contributed by atoms with E-state index in [1.807, 2.05) is 57.2 Å². The first-order chi connectivity index (χ1) is 15.5. The highest BCUT2D eigenvalue weighted by Gasteiger charge is 2.12. The number of hydrogen-bond donors (Lipinski definition) is 2. The minimum absolute atomic E-state index is 0.384. The third-order valence-electron chi connectivity index (χ3n) is 4.10. The molecule has 32 heavy (non-hydrogen) atoms. The van der Waals surface area contributed by atoms with Gasteiger partial charge in [0.2, 0.25) is 0 Å². The molecule has 2 rings (SSSR count). The molecule has 0 amide bonds. The maximum atomic E-state index is 5.91. The van der Waals surface area contributed by atoms with Crippen LogP contribution in [-0.2, 0) is 4.74 Å². The fourth-order valence-electron chi connectivity index (χ4n) is 2.66. The average molecular weight is 524 g/mol. The van der Waals surface area contributed by atoms with Crippen molar-refractivity contribution in [3.63, 3.8) is 0 Å². The number of hydrazone groups is 1. The zero-order valence-electron chi connectivity index (χ0n) is 18.7. The molecule has 0 aliphatic heterocycles. The normalized spacial score (nSPS) is 10.8. The standard InChI is InChI=1S/C23H30BrN3O4S/c1-4-25-23(32)27-26-16-18-14-19(24)22(21(15-18)29-5-2)31-13-11-28-10-12-30-20-9-7-6-8-17(20)3/h6-9,14-16H,4-5,10-13H2,1-3H3,(H2,25,27,32)/b26-16-. The van der Waals surface area contributed by atoms with Gasteiger partial charge in [0.05, 0.1) is 30.5 Å². The van der Waals surface area contributed by atoms with Crippen molar-refractivity contribution < 1.29 is 18.9 Å². The minimum Gasteiger partial charge on any atom is -0.491 e. The third kappa shape index (κ3) is 9.02. The SMILES string of the molecule is CCNC(=S)N/N=C\c1cc(Br)c(OCCOCCOc2ccccc2C)c(OCC)c1. The number of nitrogens with zero attached hydrogens (tertiary/aromatic N) is 1. The van der Waals surface area contributed by atoms with Crippen molar-refractivity contribution in [1.29, 1.82) is 0 Å². The summed E-state index contributed by atoms with van der Waals surface area (Å²) in [7, 11) is 0. The molecule has 0 fully saturated rings. The summed E-state index contributed by atoms with van der Waals surface area (Å²) in [4.78, 5) is 0. The van der Waals surface area contributed by atoms with E-state index in [2.05, 4.69) is 31.8 Å². The number of rotatable bonds is 13. The number of nitrogens with one attached hydrogen (secondary N) is 2. The highest BCUT2D eigenvalue weighted by molar-refractivity contribution is 9.10. The topological polar surface area (TPSA) is 73.3 Å². The van der Waals surface area contributed by atoms with Gasteiger partial charge in [0.25, 0.3) is 0 Å². The summed E-state index contributed by atoms with van der Waals surface area (Å²) < 4.78 is 23.8. The second kappa shape index (κ2) is 14.7. The zero-order chi connectivity index (χ0) is 23.2. The van der Waals surface area contributed by atoms with E-state index in [1.165, 1.54) is 0 Å². The molecule has 0 bridgehead atoms. The lowest BCUT2D eigenvalue weighted by Gasteiger charge is -2.15. The maximum Gasteiger partial charge on any atom is 0.186 e. The van der Waals surface area contributed by atoms with Gasteiger partial charge in [0.15, 0.2) is 16.6 Å². The Morgan fingerprint density at radius 2 is 1.78 bits per heavy atom. The lowest BCUT2D eigenvalue weighted by molar-refractivity contribution is 0.0752. The second-order valence-corrected chi connectivity index (χ2v) is 7.83. The fraction of sp³-hybridized carbons (Fsp3) is 0.391. The molecule has 0 unspecified atom stereocenters. The fourth-order valence-corrected chi connectivity index (χ4v) is 3.44. The Balaban J connectivity index is 1.81. The maximum absolute atomic E-state index is 5.91. The van der Waals surface area contributed by atoms with Crippen molar-refractivity contribution in [3.05, 3.63) is 52.0 Å². The Labute approximate surface area is 203 Å². The molecule has 0 aliphatic rings. The van der Waals surface area contributed by atoms with E-state index in [-0.39, 0.29) is 0 Å². The van der Waals surface area contributed by atoms with Crippen LogP contribution in [0.5, 0.6) is 17.2 Å². The molecule has 0 saturated carbocycles. The monoisotopic (exact) mass is 523 g/mol. The van der Waals surface area contributed by atoms with E-state index in [0.29, 0.717) is 49.6 Å². The van der Waals surface area contributed by atoms with Crippen LogP contribution in [0.4, 0.5) is 0 Å². The molecule has 174 valence electrons. The average Bonchev–Trinajstić information content (AvgIpc) is 2.76. The van der Waals surface area contributed by atoms with Gasteiger partial charge in [0.1, 0.15) is 19.0 Å². The number of aryl methyl sites for hydroxylation is 1. The molecule has 0 heterocycles. The molecule has 0 saturated heterocycles. The second-order valence-electron chi connectivity index (χ2n) is 6.57. The molecule has 0 spiro atoms. The Morgan fingerprint density at radius 3 is 2.50 bits per heavy atom. The van der Waals surface area contributed by atoms with E-state index in [0.717, 1.165) is 27.9 Å². The number of benzene rings is 2. The van der Waals surface area contributed by atoms with Crippen molar-refractivity contribution in [2.45, 2.75) is 20.8 Å². The van der Waals surface area contributed by atoms with Gasteiger partial charge in [-0.05, 0) is 78.2 Å². The Hall–Kier alpha value is -2.36. The molecular formula is C23H30BrN3O4S. The van der Waals surface area contributed by atoms with Crippen LogP contribution in [0.25, 0.3) is 0 Å². The summed E-state index contributed by atoms with van der Waals surface area (Å²) >= 11 is 8.64. The molecule has 9 heteroatoms. The highest BCUT2D eigenvalue weighted by atomic mass is 79.9. The van der Waals surface area contributed by atoms with Gasteiger partial charge >= 0.3 is 0 Å². The Kier molecular flexibility index (Phi) is 11.9. The number of thiocarbonyl (C=S) groups is 1. The van der Waals surface area contributed by atoms with Crippen LogP contribution in [0.2, 0.25) is 0 Å². The molecule has 7 nitrogen and oxygen atoms in total.